The van der Waals surface area contributed by atoms with Gasteiger partial charge in [0.15, 0.2) is 0 Å². The number of benzene rings is 2. The van der Waals surface area contributed by atoms with Crippen molar-refractivity contribution in [1.82, 2.24) is 4.90 Å². The molecule has 0 bridgehead atoms. The monoisotopic (exact) mass is 389 g/mol. The van der Waals surface area contributed by atoms with Gasteiger partial charge in [-0.15, -0.1) is 0 Å². The molecule has 27 heavy (non-hydrogen) atoms. The number of anilines is 2. The maximum atomic E-state index is 12.3. The van der Waals surface area contributed by atoms with Gasteiger partial charge < -0.3 is 15.4 Å². The van der Waals surface area contributed by atoms with Crippen LogP contribution in [0.2, 0.25) is 5.02 Å². The van der Waals surface area contributed by atoms with E-state index in [1.807, 2.05) is 26.0 Å². The molecule has 0 saturated carbocycles. The van der Waals surface area contributed by atoms with E-state index in [1.54, 1.807) is 42.3 Å². The van der Waals surface area contributed by atoms with Crippen molar-refractivity contribution in [1.29, 1.82) is 0 Å². The number of halogens is 1. The molecule has 2 amide bonds. The number of carbonyl (C=O) groups is 2. The van der Waals surface area contributed by atoms with Gasteiger partial charge in [-0.3, -0.25) is 14.5 Å². The van der Waals surface area contributed by atoms with Crippen molar-refractivity contribution >= 4 is 34.8 Å². The summed E-state index contributed by atoms with van der Waals surface area (Å²) >= 11 is 5.93. The number of nitrogens with zero attached hydrogens (tertiary/aromatic N) is 1. The van der Waals surface area contributed by atoms with Crippen molar-refractivity contribution in [2.45, 2.75) is 13.8 Å². The number of amides is 2. The Balaban J connectivity index is 1.92. The van der Waals surface area contributed by atoms with Gasteiger partial charge in [-0.05, 0) is 49.4 Å². The van der Waals surface area contributed by atoms with Gasteiger partial charge in [0.25, 0.3) is 0 Å². The van der Waals surface area contributed by atoms with Crippen molar-refractivity contribution in [3.05, 3.63) is 53.1 Å². The second-order valence-corrected chi connectivity index (χ2v) is 6.50. The summed E-state index contributed by atoms with van der Waals surface area (Å²) in [6.07, 6.45) is 0. The summed E-state index contributed by atoms with van der Waals surface area (Å²) in [5.74, 6) is 0.189. The van der Waals surface area contributed by atoms with Gasteiger partial charge >= 0.3 is 0 Å². The topological polar surface area (TPSA) is 70.7 Å². The summed E-state index contributed by atoms with van der Waals surface area (Å²) in [5, 5.41) is 6.28. The second kappa shape index (κ2) is 9.94. The lowest BCUT2D eigenvalue weighted by Gasteiger charge is -2.20. The minimum atomic E-state index is -0.211. The van der Waals surface area contributed by atoms with Gasteiger partial charge in [0.1, 0.15) is 5.75 Å². The summed E-state index contributed by atoms with van der Waals surface area (Å²) in [4.78, 5) is 26.4. The van der Waals surface area contributed by atoms with Crippen LogP contribution in [0, 0.1) is 6.92 Å². The first kappa shape index (κ1) is 20.7. The molecule has 0 atom stereocenters. The molecule has 0 aliphatic rings. The first-order valence-corrected chi connectivity index (χ1v) is 9.02. The normalized spacial score (nSPS) is 10.6. The highest BCUT2D eigenvalue weighted by molar-refractivity contribution is 6.30. The van der Waals surface area contributed by atoms with Gasteiger partial charge in [0.05, 0.1) is 25.9 Å². The number of para-hydroxylation sites is 2. The Morgan fingerprint density at radius 1 is 1.04 bits per heavy atom. The van der Waals surface area contributed by atoms with Crippen LogP contribution in [0.25, 0.3) is 0 Å². The van der Waals surface area contributed by atoms with Crippen molar-refractivity contribution < 1.29 is 14.3 Å². The summed E-state index contributed by atoms with van der Waals surface area (Å²) < 4.78 is 5.23. The van der Waals surface area contributed by atoms with E-state index >= 15 is 0 Å². The maximum Gasteiger partial charge on any atom is 0.238 e. The van der Waals surface area contributed by atoms with Crippen LogP contribution in [-0.2, 0) is 9.59 Å². The van der Waals surface area contributed by atoms with Gasteiger partial charge in [0, 0.05) is 10.7 Å². The Morgan fingerprint density at radius 3 is 2.26 bits per heavy atom. The maximum absolute atomic E-state index is 12.3. The Morgan fingerprint density at radius 2 is 1.67 bits per heavy atom. The Labute approximate surface area is 164 Å². The lowest BCUT2D eigenvalue weighted by molar-refractivity contribution is -0.119. The van der Waals surface area contributed by atoms with Crippen molar-refractivity contribution in [2.75, 3.05) is 37.4 Å². The van der Waals surface area contributed by atoms with Crippen molar-refractivity contribution in [2.24, 2.45) is 0 Å². The molecule has 2 aromatic carbocycles. The molecule has 6 nitrogen and oxygen atoms in total. The number of rotatable bonds is 8. The molecule has 0 fully saturated rings. The van der Waals surface area contributed by atoms with E-state index in [1.165, 1.54) is 0 Å². The lowest BCUT2D eigenvalue weighted by Crippen LogP contribution is -2.38. The number of aryl methyl sites for hydroxylation is 1. The Hall–Kier alpha value is -2.57. The molecule has 0 spiro atoms. The zero-order valence-electron chi connectivity index (χ0n) is 15.7. The van der Waals surface area contributed by atoms with E-state index in [4.69, 9.17) is 16.3 Å². The number of hydrogen-bond acceptors (Lipinski definition) is 4. The van der Waals surface area contributed by atoms with E-state index in [-0.39, 0.29) is 24.9 Å². The quantitative estimate of drug-likeness (QED) is 0.724. The number of carbonyl (C=O) groups excluding carboxylic acids is 2. The first-order valence-electron chi connectivity index (χ1n) is 8.64. The SMILES string of the molecule is CCN(CC(=O)Nc1ccc(Cl)cc1C)CC(=O)Nc1ccccc1OC. The largest absolute Gasteiger partial charge is 0.495 e. The first-order chi connectivity index (χ1) is 12.9. The second-order valence-electron chi connectivity index (χ2n) is 6.06. The molecule has 0 heterocycles. The molecule has 2 aromatic rings. The summed E-state index contributed by atoms with van der Waals surface area (Å²) in [7, 11) is 1.55. The lowest BCUT2D eigenvalue weighted by atomic mass is 10.2. The van der Waals surface area contributed by atoms with Gasteiger partial charge in [-0.2, -0.15) is 0 Å². The molecule has 0 saturated heterocycles. The molecule has 144 valence electrons. The van der Waals surface area contributed by atoms with Crippen LogP contribution < -0.4 is 15.4 Å². The van der Waals surface area contributed by atoms with Gasteiger partial charge in [-0.25, -0.2) is 0 Å². The van der Waals surface area contributed by atoms with Crippen LogP contribution in [0.5, 0.6) is 5.75 Å². The minimum Gasteiger partial charge on any atom is -0.495 e. The van der Waals surface area contributed by atoms with E-state index in [2.05, 4.69) is 10.6 Å². The molecule has 0 unspecified atom stereocenters. The molecule has 2 N–H and O–H groups in total. The van der Waals surface area contributed by atoms with E-state index < -0.39 is 0 Å². The number of nitrogens with one attached hydrogen (secondary N) is 2. The number of ether oxygens (including phenoxy) is 1. The molecule has 0 aromatic heterocycles. The average Bonchev–Trinajstić information content (AvgIpc) is 2.64. The van der Waals surface area contributed by atoms with E-state index in [9.17, 15) is 9.59 Å². The van der Waals surface area contributed by atoms with Crippen LogP contribution in [0.15, 0.2) is 42.5 Å². The third kappa shape index (κ3) is 6.27. The molecule has 7 heteroatoms. The van der Waals surface area contributed by atoms with E-state index in [0.29, 0.717) is 28.7 Å². The predicted molar refractivity (Wildman–Crippen MR) is 109 cm³/mol. The van der Waals surface area contributed by atoms with Gasteiger partial charge in [0.2, 0.25) is 11.8 Å². The molecule has 0 radical (unpaired) electrons. The number of methoxy groups -OCH3 is 1. The zero-order chi connectivity index (χ0) is 19.8. The van der Waals surface area contributed by atoms with Crippen LogP contribution in [0.3, 0.4) is 0 Å². The summed E-state index contributed by atoms with van der Waals surface area (Å²) in [5.41, 5.74) is 2.19. The predicted octanol–water partition coefficient (Wildman–Crippen LogP) is 3.56. The standard InChI is InChI=1S/C20H24ClN3O3/c1-4-24(12-19(25)22-16-10-9-15(21)11-14(16)2)13-20(26)23-17-7-5-6-8-18(17)27-3/h5-11H,4,12-13H2,1-3H3,(H,22,25)(H,23,26). The highest BCUT2D eigenvalue weighted by Gasteiger charge is 2.15. The zero-order valence-corrected chi connectivity index (χ0v) is 16.5. The fourth-order valence-corrected chi connectivity index (χ4v) is 2.81. The fraction of sp³-hybridized carbons (Fsp3) is 0.300. The van der Waals surface area contributed by atoms with Crippen molar-refractivity contribution in [3.63, 3.8) is 0 Å². The van der Waals surface area contributed by atoms with E-state index in [0.717, 1.165) is 5.56 Å². The average molecular weight is 390 g/mol. The van der Waals surface area contributed by atoms with Gasteiger partial charge in [-0.1, -0.05) is 30.7 Å². The number of hydrogen-bond donors (Lipinski definition) is 2. The molecule has 2 rings (SSSR count). The van der Waals surface area contributed by atoms with Crippen LogP contribution in [0.1, 0.15) is 12.5 Å². The Bertz CT molecular complexity index is 811. The smallest absolute Gasteiger partial charge is 0.238 e. The minimum absolute atomic E-state index is 0.0988. The molecule has 0 aliphatic heterocycles. The molecule has 0 aliphatic carbocycles. The third-order valence-corrected chi connectivity index (χ3v) is 4.26. The summed E-state index contributed by atoms with van der Waals surface area (Å²) in [6.45, 7) is 4.54. The highest BCUT2D eigenvalue weighted by Crippen LogP contribution is 2.23. The number of likely N-dealkylation sites (N-methyl/N-ethyl adjacent to an activating group) is 1. The molecular formula is C20H24ClN3O3. The third-order valence-electron chi connectivity index (χ3n) is 4.03. The van der Waals surface area contributed by atoms with Crippen molar-refractivity contribution in [3.8, 4) is 5.75 Å². The summed E-state index contributed by atoms with van der Waals surface area (Å²) in [6, 6.07) is 12.5. The van der Waals surface area contributed by atoms with Crippen LogP contribution in [0.4, 0.5) is 11.4 Å². The van der Waals surface area contributed by atoms with Crippen LogP contribution in [-0.4, -0.2) is 43.5 Å². The van der Waals surface area contributed by atoms with Crippen LogP contribution >= 0.6 is 11.6 Å². The fourth-order valence-electron chi connectivity index (χ4n) is 2.58. The highest BCUT2D eigenvalue weighted by atomic mass is 35.5. The Kier molecular flexibility index (Phi) is 7.64. The molecular weight excluding hydrogens is 366 g/mol.